The van der Waals surface area contributed by atoms with Crippen LogP contribution in [0.2, 0.25) is 0 Å². The van der Waals surface area contributed by atoms with Gasteiger partial charge in [-0.2, -0.15) is 0 Å². The lowest BCUT2D eigenvalue weighted by Gasteiger charge is -2.17. The first kappa shape index (κ1) is 16.2. The fourth-order valence-corrected chi connectivity index (χ4v) is 2.32. The first-order valence-corrected chi connectivity index (χ1v) is 7.57. The van der Waals surface area contributed by atoms with E-state index >= 15 is 0 Å². The summed E-state index contributed by atoms with van der Waals surface area (Å²) in [6.07, 6.45) is 1.38. The van der Waals surface area contributed by atoms with Gasteiger partial charge < -0.3 is 10.6 Å². The van der Waals surface area contributed by atoms with Crippen LogP contribution in [-0.4, -0.2) is 24.5 Å². The number of rotatable bonds is 7. The van der Waals surface area contributed by atoms with Gasteiger partial charge in [-0.15, -0.1) is 0 Å². The highest BCUT2D eigenvalue weighted by Gasteiger charge is 2.11. The lowest BCUT2D eigenvalue weighted by Crippen LogP contribution is -2.38. The van der Waals surface area contributed by atoms with Crippen LogP contribution in [0.4, 0.5) is 0 Å². The lowest BCUT2D eigenvalue weighted by molar-refractivity contribution is -0.122. The first-order chi connectivity index (χ1) is 9.01. The second kappa shape index (κ2) is 8.33. The molecular formula is C15H23BrN2O. The zero-order valence-electron chi connectivity index (χ0n) is 11.9. The quantitative estimate of drug-likeness (QED) is 0.808. The van der Waals surface area contributed by atoms with Gasteiger partial charge in [0.1, 0.15) is 0 Å². The molecule has 0 bridgehead atoms. The van der Waals surface area contributed by atoms with Crippen LogP contribution in [0.25, 0.3) is 0 Å². The molecule has 2 unspecified atom stereocenters. The van der Waals surface area contributed by atoms with Crippen LogP contribution >= 0.6 is 15.9 Å². The van der Waals surface area contributed by atoms with Gasteiger partial charge in [-0.1, -0.05) is 35.0 Å². The number of nitrogens with one attached hydrogen (secondary N) is 2. The van der Waals surface area contributed by atoms with Gasteiger partial charge in [-0.05, 0) is 44.5 Å². The molecule has 4 heteroatoms. The van der Waals surface area contributed by atoms with E-state index in [4.69, 9.17) is 0 Å². The maximum Gasteiger partial charge on any atom is 0.221 e. The molecule has 19 heavy (non-hydrogen) atoms. The Bertz CT molecular complexity index is 392. The van der Waals surface area contributed by atoms with Crippen LogP contribution in [0.15, 0.2) is 28.7 Å². The summed E-state index contributed by atoms with van der Waals surface area (Å²) < 4.78 is 1.08. The van der Waals surface area contributed by atoms with E-state index < -0.39 is 0 Å². The minimum absolute atomic E-state index is 0.109. The van der Waals surface area contributed by atoms with Crippen molar-refractivity contribution in [3.8, 4) is 0 Å². The Balaban J connectivity index is 2.36. The molecule has 1 amide bonds. The van der Waals surface area contributed by atoms with E-state index in [1.165, 1.54) is 5.56 Å². The number of hydrogen-bond acceptors (Lipinski definition) is 2. The maximum absolute atomic E-state index is 11.8. The van der Waals surface area contributed by atoms with Gasteiger partial charge >= 0.3 is 0 Å². The maximum atomic E-state index is 11.8. The van der Waals surface area contributed by atoms with E-state index in [-0.39, 0.29) is 18.0 Å². The third-order valence-corrected chi connectivity index (χ3v) is 3.44. The molecule has 1 aromatic carbocycles. The molecule has 0 heterocycles. The summed E-state index contributed by atoms with van der Waals surface area (Å²) in [5, 5.41) is 6.28. The second-order valence-electron chi connectivity index (χ2n) is 4.96. The number of benzene rings is 1. The topological polar surface area (TPSA) is 41.1 Å². The van der Waals surface area contributed by atoms with E-state index in [1.54, 1.807) is 0 Å². The molecule has 1 aromatic rings. The third-order valence-electron chi connectivity index (χ3n) is 2.91. The minimum Gasteiger partial charge on any atom is -0.353 e. The Morgan fingerprint density at radius 1 is 1.21 bits per heavy atom. The van der Waals surface area contributed by atoms with Crippen LogP contribution in [0.1, 0.15) is 32.8 Å². The molecule has 0 fully saturated rings. The zero-order chi connectivity index (χ0) is 14.3. The van der Waals surface area contributed by atoms with Crippen LogP contribution in [-0.2, 0) is 11.2 Å². The van der Waals surface area contributed by atoms with Crippen molar-refractivity contribution in [1.29, 1.82) is 0 Å². The van der Waals surface area contributed by atoms with E-state index in [1.807, 2.05) is 32.9 Å². The smallest absolute Gasteiger partial charge is 0.221 e. The van der Waals surface area contributed by atoms with Crippen molar-refractivity contribution in [3.05, 3.63) is 34.3 Å². The van der Waals surface area contributed by atoms with Gasteiger partial charge in [0, 0.05) is 23.0 Å². The van der Waals surface area contributed by atoms with Crippen LogP contribution in [0.5, 0.6) is 0 Å². The lowest BCUT2D eigenvalue weighted by atomic mass is 10.1. The molecule has 2 atom stereocenters. The summed E-state index contributed by atoms with van der Waals surface area (Å²) in [6, 6.07) is 8.59. The highest BCUT2D eigenvalue weighted by molar-refractivity contribution is 9.10. The SMILES string of the molecule is CCNC(C)CC(=O)NC(C)Cc1ccc(Br)cc1. The number of halogens is 1. The number of carbonyl (C=O) groups excluding carboxylic acids is 1. The molecule has 2 N–H and O–H groups in total. The molecule has 0 aliphatic carbocycles. The Kier molecular flexibility index (Phi) is 7.10. The zero-order valence-corrected chi connectivity index (χ0v) is 13.5. The predicted molar refractivity (Wildman–Crippen MR) is 83.2 cm³/mol. The van der Waals surface area contributed by atoms with Crippen molar-refractivity contribution < 1.29 is 4.79 Å². The van der Waals surface area contributed by atoms with Crippen LogP contribution in [0.3, 0.4) is 0 Å². The summed E-state index contributed by atoms with van der Waals surface area (Å²) >= 11 is 3.42. The Morgan fingerprint density at radius 2 is 1.84 bits per heavy atom. The van der Waals surface area contributed by atoms with Gasteiger partial charge in [0.15, 0.2) is 0 Å². The van der Waals surface area contributed by atoms with Crippen LogP contribution in [0, 0.1) is 0 Å². The fraction of sp³-hybridized carbons (Fsp3) is 0.533. The van der Waals surface area contributed by atoms with Crippen molar-refractivity contribution in [2.24, 2.45) is 0 Å². The van der Waals surface area contributed by atoms with Crippen LogP contribution < -0.4 is 10.6 Å². The van der Waals surface area contributed by atoms with Crippen molar-refractivity contribution in [1.82, 2.24) is 10.6 Å². The number of carbonyl (C=O) groups is 1. The Labute approximate surface area is 124 Å². The molecule has 0 saturated carbocycles. The predicted octanol–water partition coefficient (Wildman–Crippen LogP) is 2.88. The normalized spacial score (nSPS) is 13.9. The number of hydrogen-bond donors (Lipinski definition) is 2. The molecular weight excluding hydrogens is 304 g/mol. The molecule has 0 aliphatic rings. The molecule has 106 valence electrons. The van der Waals surface area contributed by atoms with Gasteiger partial charge in [0.2, 0.25) is 5.91 Å². The van der Waals surface area contributed by atoms with Crippen molar-refractivity contribution >= 4 is 21.8 Å². The Hall–Kier alpha value is -0.870. The monoisotopic (exact) mass is 326 g/mol. The molecule has 0 aromatic heterocycles. The average Bonchev–Trinajstić information content (AvgIpc) is 2.32. The summed E-state index contributed by atoms with van der Waals surface area (Å²) in [4.78, 5) is 11.8. The number of amides is 1. The molecule has 0 spiro atoms. The van der Waals surface area contributed by atoms with E-state index in [0.717, 1.165) is 17.4 Å². The van der Waals surface area contributed by atoms with Crippen molar-refractivity contribution in [2.75, 3.05) is 6.54 Å². The van der Waals surface area contributed by atoms with E-state index in [9.17, 15) is 4.79 Å². The van der Waals surface area contributed by atoms with Gasteiger partial charge in [0.25, 0.3) is 0 Å². The third kappa shape index (κ3) is 6.73. The Morgan fingerprint density at radius 3 is 2.42 bits per heavy atom. The van der Waals surface area contributed by atoms with Crippen molar-refractivity contribution in [3.63, 3.8) is 0 Å². The van der Waals surface area contributed by atoms with Gasteiger partial charge in [-0.25, -0.2) is 0 Å². The van der Waals surface area contributed by atoms with E-state index in [2.05, 4.69) is 38.7 Å². The molecule has 0 saturated heterocycles. The molecule has 0 radical (unpaired) electrons. The standard InChI is InChI=1S/C15H23BrN2O/c1-4-17-11(2)10-15(19)18-12(3)9-13-5-7-14(16)8-6-13/h5-8,11-12,17H,4,9-10H2,1-3H3,(H,18,19). The largest absolute Gasteiger partial charge is 0.353 e. The first-order valence-electron chi connectivity index (χ1n) is 6.78. The molecule has 1 rings (SSSR count). The van der Waals surface area contributed by atoms with Gasteiger partial charge in [-0.3, -0.25) is 4.79 Å². The summed E-state index contributed by atoms with van der Waals surface area (Å²) in [5.74, 6) is 0.109. The van der Waals surface area contributed by atoms with Gasteiger partial charge in [0.05, 0.1) is 0 Å². The molecule has 0 aliphatic heterocycles. The minimum atomic E-state index is 0.109. The average molecular weight is 327 g/mol. The van der Waals surface area contributed by atoms with E-state index in [0.29, 0.717) is 6.42 Å². The second-order valence-corrected chi connectivity index (χ2v) is 5.88. The highest BCUT2D eigenvalue weighted by atomic mass is 79.9. The summed E-state index contributed by atoms with van der Waals surface area (Å²) in [6.45, 7) is 7.01. The van der Waals surface area contributed by atoms with Crippen molar-refractivity contribution in [2.45, 2.75) is 45.7 Å². The summed E-state index contributed by atoms with van der Waals surface area (Å²) in [7, 11) is 0. The summed E-state index contributed by atoms with van der Waals surface area (Å²) in [5.41, 5.74) is 1.23. The fourth-order valence-electron chi connectivity index (χ4n) is 2.06. The highest BCUT2D eigenvalue weighted by Crippen LogP contribution is 2.11. The molecule has 3 nitrogen and oxygen atoms in total.